The van der Waals surface area contributed by atoms with E-state index in [0.29, 0.717) is 0 Å². The van der Waals surface area contributed by atoms with Crippen molar-refractivity contribution in [2.45, 2.75) is 37.8 Å². The lowest BCUT2D eigenvalue weighted by Gasteiger charge is -2.32. The average Bonchev–Trinajstić information content (AvgIpc) is 2.42. The third kappa shape index (κ3) is 5.04. The van der Waals surface area contributed by atoms with Crippen LogP contribution < -0.4 is 16.4 Å². The number of piperidine rings is 1. The van der Waals surface area contributed by atoms with Gasteiger partial charge in [-0.15, -0.1) is 0 Å². The van der Waals surface area contributed by atoms with E-state index in [1.54, 1.807) is 7.05 Å². The molecule has 0 bridgehead atoms. The number of rotatable bonds is 6. The van der Waals surface area contributed by atoms with Gasteiger partial charge in [0.2, 0.25) is 5.91 Å². The maximum atomic E-state index is 12.0. The molecule has 1 fully saturated rings. The predicted octanol–water partition coefficient (Wildman–Crippen LogP) is -0.901. The number of aliphatic carboxylic acids is 1. The van der Waals surface area contributed by atoms with Gasteiger partial charge in [0.1, 0.15) is 6.04 Å². The van der Waals surface area contributed by atoms with Crippen molar-refractivity contribution in [3.8, 4) is 0 Å². The van der Waals surface area contributed by atoms with Crippen molar-refractivity contribution < 1.29 is 19.5 Å². The van der Waals surface area contributed by atoms with Crippen molar-refractivity contribution in [3.05, 3.63) is 0 Å². The molecule has 0 spiro atoms. The van der Waals surface area contributed by atoms with Crippen LogP contribution in [0.2, 0.25) is 0 Å². The van der Waals surface area contributed by atoms with Crippen molar-refractivity contribution in [2.24, 2.45) is 5.73 Å². The Hall–Kier alpha value is -1.83. The van der Waals surface area contributed by atoms with Gasteiger partial charge in [-0.3, -0.25) is 4.79 Å². The summed E-state index contributed by atoms with van der Waals surface area (Å²) in [6.07, 6.45) is 1.59. The van der Waals surface area contributed by atoms with Crippen molar-refractivity contribution in [3.63, 3.8) is 0 Å². The summed E-state index contributed by atoms with van der Waals surface area (Å²) in [4.78, 5) is 35.3. The zero-order valence-electron chi connectivity index (χ0n) is 11.6. The number of nitrogens with one attached hydrogen (secondary N) is 2. The first-order valence-corrected chi connectivity index (χ1v) is 6.67. The number of amides is 3. The molecular formula is C12H22N4O4. The van der Waals surface area contributed by atoms with Gasteiger partial charge in [0.05, 0.1) is 0 Å². The minimum Gasteiger partial charge on any atom is -0.480 e. The minimum absolute atomic E-state index is 0.00350. The fourth-order valence-corrected chi connectivity index (χ4v) is 2.15. The maximum Gasteiger partial charge on any atom is 0.326 e. The fraction of sp³-hybridized carbons (Fsp3) is 0.750. The number of hydrogen-bond acceptors (Lipinski definition) is 4. The number of carboxylic acids is 1. The molecule has 8 heteroatoms. The second-order valence-corrected chi connectivity index (χ2v) is 4.94. The quantitative estimate of drug-likeness (QED) is 0.503. The van der Waals surface area contributed by atoms with Gasteiger partial charge in [0, 0.05) is 19.5 Å². The van der Waals surface area contributed by atoms with E-state index in [-0.39, 0.29) is 18.9 Å². The molecule has 1 aliphatic heterocycles. The second-order valence-electron chi connectivity index (χ2n) is 4.94. The van der Waals surface area contributed by atoms with Gasteiger partial charge in [-0.2, -0.15) is 0 Å². The Kier molecular flexibility index (Phi) is 6.23. The highest BCUT2D eigenvalue weighted by Crippen LogP contribution is 2.10. The molecule has 0 aromatic carbocycles. The van der Waals surface area contributed by atoms with Crippen molar-refractivity contribution in [2.75, 3.05) is 20.1 Å². The predicted molar refractivity (Wildman–Crippen MR) is 72.0 cm³/mol. The molecule has 1 aliphatic rings. The maximum absolute atomic E-state index is 12.0. The molecule has 1 atom stereocenters. The summed E-state index contributed by atoms with van der Waals surface area (Å²) >= 11 is 0. The topological polar surface area (TPSA) is 125 Å². The lowest BCUT2D eigenvalue weighted by Crippen LogP contribution is -2.52. The first-order chi connectivity index (χ1) is 9.41. The highest BCUT2D eigenvalue weighted by atomic mass is 16.4. The molecule has 0 aromatic rings. The third-order valence-corrected chi connectivity index (χ3v) is 3.45. The van der Waals surface area contributed by atoms with Crippen LogP contribution in [-0.2, 0) is 9.59 Å². The summed E-state index contributed by atoms with van der Waals surface area (Å²) < 4.78 is 0. The average molecular weight is 286 g/mol. The van der Waals surface area contributed by atoms with E-state index in [1.165, 1.54) is 4.90 Å². The summed E-state index contributed by atoms with van der Waals surface area (Å²) in [6, 6.07) is -1.44. The van der Waals surface area contributed by atoms with Crippen LogP contribution in [-0.4, -0.2) is 60.1 Å². The summed E-state index contributed by atoms with van der Waals surface area (Å²) in [6.45, 7) is 1.68. The van der Waals surface area contributed by atoms with Crippen LogP contribution in [0.15, 0.2) is 0 Å². The number of primary amides is 1. The number of hydrogen-bond donors (Lipinski definition) is 4. The monoisotopic (exact) mass is 286 g/mol. The molecule has 1 heterocycles. The molecule has 8 nitrogen and oxygen atoms in total. The Bertz CT molecular complexity index is 368. The number of nitrogens with zero attached hydrogens (tertiary/aromatic N) is 1. The molecule has 20 heavy (non-hydrogen) atoms. The van der Waals surface area contributed by atoms with E-state index in [1.807, 2.05) is 0 Å². The van der Waals surface area contributed by atoms with Gasteiger partial charge in [-0.1, -0.05) is 0 Å². The standard InChI is InChI=1S/C12H22N4O4/c1-16(8-4-6-14-7-5-8)12(20)15-9(11(18)19)2-3-10(13)17/h8-9,14H,2-7H2,1H3,(H2,13,17)(H,15,20)(H,18,19)/t9-/m1/s1. The summed E-state index contributed by atoms with van der Waals surface area (Å²) in [5.41, 5.74) is 4.99. The Morgan fingerprint density at radius 1 is 1.40 bits per heavy atom. The Balaban J connectivity index is 2.51. The van der Waals surface area contributed by atoms with Crippen molar-refractivity contribution in [1.82, 2.24) is 15.5 Å². The van der Waals surface area contributed by atoms with Gasteiger partial charge >= 0.3 is 12.0 Å². The number of carbonyl (C=O) groups is 3. The molecule has 114 valence electrons. The molecule has 1 saturated heterocycles. The zero-order valence-corrected chi connectivity index (χ0v) is 11.6. The molecule has 0 unspecified atom stereocenters. The Morgan fingerprint density at radius 2 is 2.00 bits per heavy atom. The van der Waals surface area contributed by atoms with Crippen LogP contribution in [0.5, 0.6) is 0 Å². The van der Waals surface area contributed by atoms with Gasteiger partial charge in [0.15, 0.2) is 0 Å². The van der Waals surface area contributed by atoms with Gasteiger partial charge < -0.3 is 26.4 Å². The lowest BCUT2D eigenvalue weighted by molar-refractivity contribution is -0.139. The van der Waals surface area contributed by atoms with Crippen LogP contribution in [0.4, 0.5) is 4.79 Å². The van der Waals surface area contributed by atoms with E-state index in [2.05, 4.69) is 10.6 Å². The van der Waals surface area contributed by atoms with Crippen molar-refractivity contribution in [1.29, 1.82) is 0 Å². The number of carboxylic acid groups (broad SMARTS) is 1. The summed E-state index contributed by atoms with van der Waals surface area (Å²) in [5, 5.41) is 14.7. The first-order valence-electron chi connectivity index (χ1n) is 6.67. The second kappa shape index (κ2) is 7.68. The molecule has 0 radical (unpaired) electrons. The summed E-state index contributed by atoms with van der Waals surface area (Å²) in [7, 11) is 1.65. The van der Waals surface area contributed by atoms with Crippen LogP contribution in [0.3, 0.4) is 0 Å². The van der Waals surface area contributed by atoms with E-state index >= 15 is 0 Å². The van der Waals surface area contributed by atoms with Crippen LogP contribution >= 0.6 is 0 Å². The normalized spacial score (nSPS) is 17.2. The van der Waals surface area contributed by atoms with Gasteiger partial charge in [0.25, 0.3) is 0 Å². The van der Waals surface area contributed by atoms with E-state index < -0.39 is 23.9 Å². The van der Waals surface area contributed by atoms with E-state index in [9.17, 15) is 14.4 Å². The Morgan fingerprint density at radius 3 is 2.50 bits per heavy atom. The molecule has 0 saturated carbocycles. The molecule has 3 amide bonds. The van der Waals surface area contributed by atoms with E-state index in [0.717, 1.165) is 25.9 Å². The zero-order chi connectivity index (χ0) is 15.1. The first kappa shape index (κ1) is 16.2. The number of carbonyl (C=O) groups excluding carboxylic acids is 2. The smallest absolute Gasteiger partial charge is 0.326 e. The lowest BCUT2D eigenvalue weighted by atomic mass is 10.1. The van der Waals surface area contributed by atoms with E-state index in [4.69, 9.17) is 10.8 Å². The van der Waals surface area contributed by atoms with Crippen molar-refractivity contribution >= 4 is 17.9 Å². The number of nitrogens with two attached hydrogens (primary N) is 1. The fourth-order valence-electron chi connectivity index (χ4n) is 2.15. The van der Waals surface area contributed by atoms with Gasteiger partial charge in [-0.05, 0) is 32.4 Å². The molecule has 0 aromatic heterocycles. The molecule has 0 aliphatic carbocycles. The van der Waals surface area contributed by atoms with Gasteiger partial charge in [-0.25, -0.2) is 9.59 Å². The van der Waals surface area contributed by atoms with Crippen LogP contribution in [0, 0.1) is 0 Å². The highest BCUT2D eigenvalue weighted by molar-refractivity contribution is 5.83. The highest BCUT2D eigenvalue weighted by Gasteiger charge is 2.26. The largest absolute Gasteiger partial charge is 0.480 e. The van der Waals surface area contributed by atoms with Crippen LogP contribution in [0.25, 0.3) is 0 Å². The Labute approximate surface area is 117 Å². The minimum atomic E-state index is -1.17. The van der Waals surface area contributed by atoms with Crippen LogP contribution in [0.1, 0.15) is 25.7 Å². The summed E-state index contributed by atoms with van der Waals surface area (Å²) in [5.74, 6) is -1.75. The SMILES string of the molecule is CN(C(=O)N[C@H](CCC(N)=O)C(=O)O)C1CCNCC1. The molecule has 1 rings (SSSR count). The molecule has 5 N–H and O–H groups in total. The third-order valence-electron chi connectivity index (χ3n) is 3.45. The molecular weight excluding hydrogens is 264 g/mol. The number of urea groups is 1.